The molecule has 2 aliphatic carbocycles. The Kier molecular flexibility index (Phi) is 3.03. The zero-order chi connectivity index (χ0) is 13.7. The lowest BCUT2D eigenvalue weighted by atomic mass is 9.55. The first-order valence-electron chi connectivity index (χ1n) is 6.54. The number of hydrogen-bond acceptors (Lipinski definition) is 3. The first-order chi connectivity index (χ1) is 8.21. The summed E-state index contributed by atoms with van der Waals surface area (Å²) in [5, 5.41) is 20.6. The van der Waals surface area contributed by atoms with Crippen LogP contribution in [0.4, 0.5) is 0 Å². The van der Waals surface area contributed by atoms with Crippen molar-refractivity contribution in [2.45, 2.75) is 51.7 Å². The fourth-order valence-corrected chi connectivity index (χ4v) is 3.32. The van der Waals surface area contributed by atoms with E-state index in [2.05, 4.69) is 6.58 Å². The molecule has 2 aliphatic rings. The Balaban J connectivity index is 2.49. The lowest BCUT2D eigenvalue weighted by Crippen LogP contribution is -2.53. The molecule has 18 heavy (non-hydrogen) atoms. The van der Waals surface area contributed by atoms with Crippen LogP contribution in [0.25, 0.3) is 0 Å². The highest BCUT2D eigenvalue weighted by molar-refractivity contribution is 6.01. The minimum absolute atomic E-state index is 0.0384. The summed E-state index contributed by atoms with van der Waals surface area (Å²) in [6.07, 6.45) is 2.98. The van der Waals surface area contributed by atoms with Crippen LogP contribution in [0.5, 0.6) is 0 Å². The number of hydrogen-bond donors (Lipinski definition) is 2. The minimum Gasteiger partial charge on any atom is -0.393 e. The Morgan fingerprint density at radius 2 is 2.17 bits per heavy atom. The highest BCUT2D eigenvalue weighted by atomic mass is 16.3. The molecule has 4 atom stereocenters. The SMILES string of the molecule is C=C(C)[C@]1(O)C[C@]2(C)C(=CC1=O)CC[C@H](O)[C@H]2C. The van der Waals surface area contributed by atoms with Crippen LogP contribution < -0.4 is 0 Å². The summed E-state index contributed by atoms with van der Waals surface area (Å²) >= 11 is 0. The second kappa shape index (κ2) is 4.04. The Bertz CT molecular complexity index is 437. The van der Waals surface area contributed by atoms with Gasteiger partial charge in [-0.25, -0.2) is 0 Å². The van der Waals surface area contributed by atoms with Crippen LogP contribution in [0.2, 0.25) is 0 Å². The highest BCUT2D eigenvalue weighted by Gasteiger charge is 2.53. The molecule has 1 fully saturated rings. The van der Waals surface area contributed by atoms with Gasteiger partial charge in [0.05, 0.1) is 6.10 Å². The first-order valence-corrected chi connectivity index (χ1v) is 6.54. The molecule has 0 heterocycles. The van der Waals surface area contributed by atoms with Gasteiger partial charge in [-0.15, -0.1) is 0 Å². The number of aliphatic hydroxyl groups excluding tert-OH is 1. The lowest BCUT2D eigenvalue weighted by Gasteiger charge is -2.50. The number of ketones is 1. The number of aliphatic hydroxyl groups is 2. The molecule has 0 saturated heterocycles. The fraction of sp³-hybridized carbons (Fsp3) is 0.667. The van der Waals surface area contributed by atoms with Crippen LogP contribution in [0.1, 0.15) is 40.0 Å². The quantitative estimate of drug-likeness (QED) is 0.700. The Hall–Kier alpha value is -0.930. The lowest BCUT2D eigenvalue weighted by molar-refractivity contribution is -0.135. The maximum absolute atomic E-state index is 12.1. The van der Waals surface area contributed by atoms with E-state index in [0.717, 1.165) is 12.0 Å². The predicted molar refractivity (Wildman–Crippen MR) is 70.0 cm³/mol. The Labute approximate surface area is 108 Å². The molecule has 0 aromatic carbocycles. The van der Waals surface area contributed by atoms with Gasteiger partial charge in [0, 0.05) is 0 Å². The van der Waals surface area contributed by atoms with Gasteiger partial charge < -0.3 is 10.2 Å². The van der Waals surface area contributed by atoms with Gasteiger partial charge in [0.1, 0.15) is 5.60 Å². The van der Waals surface area contributed by atoms with Crippen LogP contribution in [-0.2, 0) is 4.79 Å². The minimum atomic E-state index is -1.47. The molecule has 0 unspecified atom stereocenters. The van der Waals surface area contributed by atoms with Crippen molar-refractivity contribution < 1.29 is 15.0 Å². The van der Waals surface area contributed by atoms with E-state index in [1.54, 1.807) is 13.0 Å². The maximum Gasteiger partial charge on any atom is 0.191 e. The number of carbonyl (C=O) groups is 1. The third kappa shape index (κ3) is 1.69. The summed E-state index contributed by atoms with van der Waals surface area (Å²) in [6, 6.07) is 0. The smallest absolute Gasteiger partial charge is 0.191 e. The number of allylic oxidation sites excluding steroid dienone is 1. The van der Waals surface area contributed by atoms with Crippen molar-refractivity contribution in [1.29, 1.82) is 0 Å². The summed E-state index contributed by atoms with van der Waals surface area (Å²) in [7, 11) is 0. The maximum atomic E-state index is 12.1. The molecule has 100 valence electrons. The molecule has 3 nitrogen and oxygen atoms in total. The summed E-state index contributed by atoms with van der Waals surface area (Å²) in [5.74, 6) is -0.220. The van der Waals surface area contributed by atoms with E-state index in [4.69, 9.17) is 0 Å². The van der Waals surface area contributed by atoms with Gasteiger partial charge in [-0.1, -0.05) is 26.0 Å². The van der Waals surface area contributed by atoms with Gasteiger partial charge in [-0.3, -0.25) is 4.79 Å². The van der Waals surface area contributed by atoms with Crippen LogP contribution >= 0.6 is 0 Å². The van der Waals surface area contributed by atoms with E-state index in [-0.39, 0.29) is 23.2 Å². The molecular formula is C15H22O3. The number of rotatable bonds is 1. The molecule has 0 aliphatic heterocycles. The van der Waals surface area contributed by atoms with Crippen molar-refractivity contribution in [2.75, 3.05) is 0 Å². The summed E-state index contributed by atoms with van der Waals surface area (Å²) in [5.41, 5.74) is -0.240. The summed E-state index contributed by atoms with van der Waals surface area (Å²) in [4.78, 5) is 12.1. The van der Waals surface area contributed by atoms with E-state index < -0.39 is 5.60 Å². The van der Waals surface area contributed by atoms with Crippen molar-refractivity contribution in [2.24, 2.45) is 11.3 Å². The zero-order valence-electron chi connectivity index (χ0n) is 11.4. The van der Waals surface area contributed by atoms with Crippen molar-refractivity contribution >= 4 is 5.78 Å². The molecule has 2 N–H and O–H groups in total. The monoisotopic (exact) mass is 250 g/mol. The van der Waals surface area contributed by atoms with E-state index in [9.17, 15) is 15.0 Å². The topological polar surface area (TPSA) is 57.5 Å². The average Bonchev–Trinajstić information content (AvgIpc) is 2.28. The standard InChI is InChI=1S/C15H22O3/c1-9(2)15(18)8-14(4)10(3)12(16)6-5-11(14)7-13(15)17/h7,10,12,16,18H,1,5-6,8H2,2-4H3/t10-,12+,14+,15-/m1/s1. The van der Waals surface area contributed by atoms with Gasteiger partial charge in [0.2, 0.25) is 0 Å². The van der Waals surface area contributed by atoms with Gasteiger partial charge >= 0.3 is 0 Å². The third-order valence-corrected chi connectivity index (χ3v) is 5.07. The predicted octanol–water partition coefficient (Wildman–Crippen LogP) is 1.99. The second-order valence-electron chi connectivity index (χ2n) is 6.16. The van der Waals surface area contributed by atoms with E-state index in [0.29, 0.717) is 18.4 Å². The van der Waals surface area contributed by atoms with Gasteiger partial charge in [0.25, 0.3) is 0 Å². The first kappa shape index (κ1) is 13.5. The van der Waals surface area contributed by atoms with Crippen LogP contribution in [0.3, 0.4) is 0 Å². The Morgan fingerprint density at radius 1 is 1.56 bits per heavy atom. The molecule has 0 aromatic heterocycles. The molecule has 0 radical (unpaired) electrons. The van der Waals surface area contributed by atoms with E-state index in [1.807, 2.05) is 13.8 Å². The molecule has 0 amide bonds. The molecule has 1 saturated carbocycles. The summed E-state index contributed by atoms with van der Waals surface area (Å²) < 4.78 is 0. The second-order valence-corrected chi connectivity index (χ2v) is 6.16. The van der Waals surface area contributed by atoms with Crippen LogP contribution in [0.15, 0.2) is 23.8 Å². The van der Waals surface area contributed by atoms with E-state index in [1.165, 1.54) is 0 Å². The molecular weight excluding hydrogens is 228 g/mol. The molecule has 2 rings (SSSR count). The third-order valence-electron chi connectivity index (χ3n) is 5.07. The fourth-order valence-electron chi connectivity index (χ4n) is 3.32. The van der Waals surface area contributed by atoms with Crippen molar-refractivity contribution in [3.05, 3.63) is 23.8 Å². The normalized spacial score (nSPS) is 44.3. The zero-order valence-corrected chi connectivity index (χ0v) is 11.4. The van der Waals surface area contributed by atoms with Crippen molar-refractivity contribution in [3.63, 3.8) is 0 Å². The Morgan fingerprint density at radius 3 is 2.72 bits per heavy atom. The van der Waals surface area contributed by atoms with Crippen molar-refractivity contribution in [3.8, 4) is 0 Å². The van der Waals surface area contributed by atoms with Gasteiger partial charge in [-0.2, -0.15) is 0 Å². The van der Waals surface area contributed by atoms with Crippen LogP contribution in [0, 0.1) is 11.3 Å². The average molecular weight is 250 g/mol. The molecule has 0 bridgehead atoms. The molecule has 3 heteroatoms. The largest absolute Gasteiger partial charge is 0.393 e. The summed E-state index contributed by atoms with van der Waals surface area (Å²) in [6.45, 7) is 9.46. The molecule has 0 aromatic rings. The van der Waals surface area contributed by atoms with E-state index >= 15 is 0 Å². The van der Waals surface area contributed by atoms with Gasteiger partial charge in [-0.05, 0) is 49.2 Å². The molecule has 0 spiro atoms. The van der Waals surface area contributed by atoms with Crippen molar-refractivity contribution in [1.82, 2.24) is 0 Å². The number of carbonyl (C=O) groups excluding carboxylic acids is 1. The van der Waals surface area contributed by atoms with Gasteiger partial charge in [0.15, 0.2) is 5.78 Å². The number of fused-ring (bicyclic) bond motifs is 1. The van der Waals surface area contributed by atoms with Crippen LogP contribution in [-0.4, -0.2) is 27.7 Å². The highest BCUT2D eigenvalue weighted by Crippen LogP contribution is 2.53.